The Morgan fingerprint density at radius 2 is 2.00 bits per heavy atom. The Morgan fingerprint density at radius 3 is 2.78 bits per heavy atom. The Morgan fingerprint density at radius 1 is 1.22 bits per heavy atom. The molecule has 0 spiro atoms. The second kappa shape index (κ2) is 6.31. The summed E-state index contributed by atoms with van der Waals surface area (Å²) in [7, 11) is 0. The van der Waals surface area contributed by atoms with E-state index in [4.69, 9.17) is 0 Å². The van der Waals surface area contributed by atoms with E-state index in [0.717, 1.165) is 16.3 Å². The van der Waals surface area contributed by atoms with Crippen molar-refractivity contribution in [2.75, 3.05) is 0 Å². The number of nitrogens with one attached hydrogen (secondary N) is 3. The Hall–Kier alpha value is -3.15. The van der Waals surface area contributed by atoms with Crippen LogP contribution in [0.25, 0.3) is 10.8 Å². The molecule has 6 nitrogen and oxygen atoms in total. The monoisotopic (exact) mass is 308 g/mol. The molecule has 1 fully saturated rings. The quantitative estimate of drug-likeness (QED) is 0.590. The largest absolute Gasteiger partial charge is 0.302 e. The van der Waals surface area contributed by atoms with Crippen molar-refractivity contribution in [1.82, 2.24) is 16.3 Å². The maximum Gasteiger partial charge on any atom is 0.247 e. The van der Waals surface area contributed by atoms with Crippen molar-refractivity contribution in [2.24, 2.45) is 11.0 Å². The van der Waals surface area contributed by atoms with Gasteiger partial charge >= 0.3 is 0 Å². The van der Waals surface area contributed by atoms with Crippen molar-refractivity contribution >= 4 is 28.8 Å². The van der Waals surface area contributed by atoms with Gasteiger partial charge in [0.25, 0.3) is 0 Å². The lowest BCUT2D eigenvalue weighted by atomic mass is 10.0. The molecular weight excluding hydrogens is 292 g/mol. The molecule has 1 saturated heterocycles. The van der Waals surface area contributed by atoms with E-state index >= 15 is 0 Å². The maximum absolute atomic E-state index is 11.9. The number of rotatable bonds is 4. The minimum Gasteiger partial charge on any atom is -0.302 e. The van der Waals surface area contributed by atoms with Crippen LogP contribution in [0.5, 0.6) is 0 Å². The molecule has 1 heterocycles. The number of fused-ring (bicyclic) bond motifs is 1. The molecule has 1 aliphatic rings. The van der Waals surface area contributed by atoms with Gasteiger partial charge in [-0.3, -0.25) is 15.0 Å². The van der Waals surface area contributed by atoms with Crippen LogP contribution in [0.1, 0.15) is 12.0 Å². The van der Waals surface area contributed by atoms with Crippen molar-refractivity contribution in [3.63, 3.8) is 0 Å². The second-order valence-corrected chi connectivity index (χ2v) is 5.26. The van der Waals surface area contributed by atoms with Gasteiger partial charge in [-0.1, -0.05) is 49.0 Å². The Kier molecular flexibility index (Phi) is 4.05. The lowest BCUT2D eigenvalue weighted by Crippen LogP contribution is -2.27. The van der Waals surface area contributed by atoms with Crippen LogP contribution in [0.3, 0.4) is 0 Å². The molecule has 3 rings (SSSR count). The van der Waals surface area contributed by atoms with E-state index in [1.807, 2.05) is 42.5 Å². The van der Waals surface area contributed by atoms with Crippen LogP contribution < -0.4 is 16.3 Å². The first kappa shape index (κ1) is 14.8. The number of nitrogens with zero attached hydrogens (tertiary/aromatic N) is 1. The van der Waals surface area contributed by atoms with Gasteiger partial charge in [0, 0.05) is 17.7 Å². The summed E-state index contributed by atoms with van der Waals surface area (Å²) in [4.78, 5) is 23.4. The van der Waals surface area contributed by atoms with Crippen LogP contribution in [-0.4, -0.2) is 18.0 Å². The normalized spacial score (nSPS) is 17.3. The lowest BCUT2D eigenvalue weighted by Gasteiger charge is -2.05. The van der Waals surface area contributed by atoms with Crippen molar-refractivity contribution in [3.8, 4) is 0 Å². The van der Waals surface area contributed by atoms with E-state index < -0.39 is 5.92 Å². The van der Waals surface area contributed by atoms with Gasteiger partial charge in [0.2, 0.25) is 11.8 Å². The Balaban J connectivity index is 1.65. The average molecular weight is 308 g/mol. The first-order chi connectivity index (χ1) is 11.1. The number of hydrazine groups is 1. The summed E-state index contributed by atoms with van der Waals surface area (Å²) in [5.74, 6) is -1.17. The number of carbonyl (C=O) groups excluding carboxylic acids is 2. The molecule has 0 saturated carbocycles. The fourth-order valence-corrected chi connectivity index (χ4v) is 2.46. The summed E-state index contributed by atoms with van der Waals surface area (Å²) in [6.45, 7) is 3.69. The molecule has 1 unspecified atom stereocenters. The summed E-state index contributed by atoms with van der Waals surface area (Å²) in [6, 6.07) is 13.8. The molecule has 6 heteroatoms. The first-order valence-corrected chi connectivity index (χ1v) is 7.19. The molecule has 2 aromatic rings. The third-order valence-electron chi connectivity index (χ3n) is 3.69. The minimum atomic E-state index is -0.567. The van der Waals surface area contributed by atoms with E-state index in [2.05, 4.69) is 28.0 Å². The van der Waals surface area contributed by atoms with E-state index in [0.29, 0.717) is 5.70 Å². The molecule has 23 heavy (non-hydrogen) atoms. The molecule has 1 aliphatic heterocycles. The Bertz CT molecular complexity index is 792. The van der Waals surface area contributed by atoms with Gasteiger partial charge in [0.05, 0.1) is 12.1 Å². The summed E-state index contributed by atoms with van der Waals surface area (Å²) < 4.78 is 0. The fraction of sp³-hybridized carbons (Fsp3) is 0.118. The zero-order valence-corrected chi connectivity index (χ0v) is 12.4. The fourth-order valence-electron chi connectivity index (χ4n) is 2.46. The van der Waals surface area contributed by atoms with Gasteiger partial charge in [-0.2, -0.15) is 5.10 Å². The summed E-state index contributed by atoms with van der Waals surface area (Å²) in [6.07, 6.45) is 1.60. The van der Waals surface area contributed by atoms with Gasteiger partial charge < -0.3 is 5.43 Å². The van der Waals surface area contributed by atoms with Crippen LogP contribution in [0, 0.1) is 5.92 Å². The van der Waals surface area contributed by atoms with Crippen molar-refractivity contribution < 1.29 is 9.59 Å². The number of hydrogen-bond acceptors (Lipinski definition) is 4. The smallest absolute Gasteiger partial charge is 0.247 e. The number of amides is 2. The van der Waals surface area contributed by atoms with Crippen molar-refractivity contribution in [2.45, 2.75) is 6.42 Å². The van der Waals surface area contributed by atoms with Crippen molar-refractivity contribution in [3.05, 3.63) is 60.3 Å². The van der Waals surface area contributed by atoms with Crippen LogP contribution in [0.15, 0.2) is 59.8 Å². The SMILES string of the molecule is C=C1NNC(=O)C1CC(=O)NN=Cc1cccc2ccccc12. The van der Waals surface area contributed by atoms with Gasteiger partial charge in [-0.25, -0.2) is 5.43 Å². The third kappa shape index (κ3) is 3.21. The van der Waals surface area contributed by atoms with Gasteiger partial charge in [-0.05, 0) is 10.8 Å². The van der Waals surface area contributed by atoms with E-state index in [9.17, 15) is 9.59 Å². The van der Waals surface area contributed by atoms with Crippen LogP contribution in [0.4, 0.5) is 0 Å². The zero-order valence-electron chi connectivity index (χ0n) is 12.4. The number of carbonyl (C=O) groups is 2. The van der Waals surface area contributed by atoms with Crippen LogP contribution in [0.2, 0.25) is 0 Å². The van der Waals surface area contributed by atoms with Gasteiger partial charge in [0.15, 0.2) is 0 Å². The first-order valence-electron chi connectivity index (χ1n) is 7.19. The minimum absolute atomic E-state index is 0.00451. The zero-order chi connectivity index (χ0) is 16.2. The molecule has 116 valence electrons. The molecule has 0 radical (unpaired) electrons. The molecule has 0 bridgehead atoms. The molecule has 0 aromatic heterocycles. The van der Waals surface area contributed by atoms with E-state index in [1.165, 1.54) is 0 Å². The summed E-state index contributed by atoms with van der Waals surface area (Å²) >= 11 is 0. The summed E-state index contributed by atoms with van der Waals surface area (Å²) in [5.41, 5.74) is 8.88. The maximum atomic E-state index is 11.9. The van der Waals surface area contributed by atoms with E-state index in [-0.39, 0.29) is 18.2 Å². The highest BCUT2D eigenvalue weighted by Crippen LogP contribution is 2.17. The predicted molar refractivity (Wildman–Crippen MR) is 88.2 cm³/mol. The number of hydrazone groups is 1. The third-order valence-corrected chi connectivity index (χ3v) is 3.69. The Labute approximate surface area is 133 Å². The number of benzene rings is 2. The highest BCUT2D eigenvalue weighted by Gasteiger charge is 2.29. The molecule has 0 aliphatic carbocycles. The molecule has 2 aromatic carbocycles. The standard InChI is InChI=1S/C17H16N4O2/c1-11-15(17(23)21-19-11)9-16(22)20-18-10-13-7-4-6-12-5-2-3-8-14(12)13/h2-8,10,15,19H,1,9H2,(H,20,22)(H,21,23). The molecule has 2 amide bonds. The molecule has 3 N–H and O–H groups in total. The summed E-state index contributed by atoms with van der Waals surface area (Å²) in [5, 5.41) is 6.14. The average Bonchev–Trinajstić information content (AvgIpc) is 2.87. The predicted octanol–water partition coefficient (Wildman–Crippen LogP) is 1.44. The van der Waals surface area contributed by atoms with Gasteiger partial charge in [0.1, 0.15) is 0 Å². The molecule has 1 atom stereocenters. The van der Waals surface area contributed by atoms with Crippen LogP contribution in [-0.2, 0) is 9.59 Å². The van der Waals surface area contributed by atoms with Crippen molar-refractivity contribution in [1.29, 1.82) is 0 Å². The number of hydrogen-bond donors (Lipinski definition) is 3. The molecular formula is C17H16N4O2. The topological polar surface area (TPSA) is 82.6 Å². The highest BCUT2D eigenvalue weighted by molar-refractivity contribution is 6.00. The highest BCUT2D eigenvalue weighted by atomic mass is 16.2. The van der Waals surface area contributed by atoms with Crippen LogP contribution >= 0.6 is 0 Å². The second-order valence-electron chi connectivity index (χ2n) is 5.26. The van der Waals surface area contributed by atoms with Gasteiger partial charge in [-0.15, -0.1) is 0 Å². The lowest BCUT2D eigenvalue weighted by molar-refractivity contribution is -0.127. The van der Waals surface area contributed by atoms with E-state index in [1.54, 1.807) is 6.21 Å².